The standard InChI is InChI=1S/C20H23N3OS/c1-22(2)19(13-21-20(24)11-10-15-7-6-12-25-15)17-14-23(3)18-9-5-4-8-16(17)18/h4-12,14,19H,13H2,1-3H3,(H,21,24)/b11-10+. The van der Waals surface area contributed by atoms with E-state index < -0.39 is 0 Å². The van der Waals surface area contributed by atoms with Gasteiger partial charge in [0.1, 0.15) is 0 Å². The molecule has 0 saturated heterocycles. The Labute approximate surface area is 152 Å². The summed E-state index contributed by atoms with van der Waals surface area (Å²) in [5, 5.41) is 6.26. The van der Waals surface area contributed by atoms with E-state index in [0.29, 0.717) is 6.54 Å². The van der Waals surface area contributed by atoms with Gasteiger partial charge >= 0.3 is 0 Å². The summed E-state index contributed by atoms with van der Waals surface area (Å²) in [4.78, 5) is 15.4. The van der Waals surface area contributed by atoms with Crippen LogP contribution in [-0.4, -0.2) is 36.0 Å². The van der Waals surface area contributed by atoms with Crippen LogP contribution in [0, 0.1) is 0 Å². The Hall–Kier alpha value is -2.37. The maximum atomic E-state index is 12.1. The van der Waals surface area contributed by atoms with E-state index in [-0.39, 0.29) is 11.9 Å². The molecule has 2 aromatic heterocycles. The van der Waals surface area contributed by atoms with E-state index in [2.05, 4.69) is 46.2 Å². The molecule has 1 N–H and O–H groups in total. The topological polar surface area (TPSA) is 37.3 Å². The first-order valence-corrected chi connectivity index (χ1v) is 9.14. The number of carbonyl (C=O) groups is 1. The highest BCUT2D eigenvalue weighted by atomic mass is 32.1. The molecule has 3 rings (SSSR count). The van der Waals surface area contributed by atoms with E-state index in [0.717, 1.165) is 4.88 Å². The predicted octanol–water partition coefficient (Wildman–Crippen LogP) is 3.67. The van der Waals surface area contributed by atoms with Crippen LogP contribution in [0.1, 0.15) is 16.5 Å². The minimum atomic E-state index is -0.0690. The van der Waals surface area contributed by atoms with Gasteiger partial charge in [0.25, 0.3) is 0 Å². The Balaban J connectivity index is 1.74. The molecule has 1 atom stereocenters. The van der Waals surface area contributed by atoms with E-state index in [1.807, 2.05) is 43.8 Å². The summed E-state index contributed by atoms with van der Waals surface area (Å²) >= 11 is 1.62. The van der Waals surface area contributed by atoms with Crippen molar-refractivity contribution >= 4 is 34.2 Å². The number of hydrogen-bond donors (Lipinski definition) is 1. The SMILES string of the molecule is CN(C)C(CNC(=O)/C=C/c1cccs1)c1cn(C)c2ccccc12. The number of benzene rings is 1. The fourth-order valence-electron chi connectivity index (χ4n) is 3.01. The summed E-state index contributed by atoms with van der Waals surface area (Å²) in [6.07, 6.45) is 5.60. The van der Waals surface area contributed by atoms with Crippen LogP contribution in [-0.2, 0) is 11.8 Å². The molecule has 1 amide bonds. The van der Waals surface area contributed by atoms with Crippen molar-refractivity contribution < 1.29 is 4.79 Å². The zero-order valence-corrected chi connectivity index (χ0v) is 15.6. The lowest BCUT2D eigenvalue weighted by Crippen LogP contribution is -2.33. The third kappa shape index (κ3) is 4.00. The van der Waals surface area contributed by atoms with E-state index in [9.17, 15) is 4.79 Å². The van der Waals surface area contributed by atoms with Gasteiger partial charge in [-0.2, -0.15) is 0 Å². The maximum absolute atomic E-state index is 12.1. The monoisotopic (exact) mass is 353 g/mol. The first kappa shape index (κ1) is 17.5. The number of carbonyl (C=O) groups excluding carboxylic acids is 1. The largest absolute Gasteiger partial charge is 0.351 e. The average molecular weight is 353 g/mol. The molecule has 1 unspecified atom stereocenters. The maximum Gasteiger partial charge on any atom is 0.244 e. The smallest absolute Gasteiger partial charge is 0.244 e. The molecular weight excluding hydrogens is 330 g/mol. The van der Waals surface area contributed by atoms with Crippen molar-refractivity contribution in [1.82, 2.24) is 14.8 Å². The molecule has 0 bridgehead atoms. The molecule has 0 fully saturated rings. The van der Waals surface area contributed by atoms with Crippen LogP contribution in [0.25, 0.3) is 17.0 Å². The minimum absolute atomic E-state index is 0.0690. The van der Waals surface area contributed by atoms with Crippen LogP contribution in [0.5, 0.6) is 0 Å². The predicted molar refractivity (Wildman–Crippen MR) is 106 cm³/mol. The highest BCUT2D eigenvalue weighted by Gasteiger charge is 2.19. The normalized spacial score (nSPS) is 13.0. The molecule has 3 aromatic rings. The van der Waals surface area contributed by atoms with Crippen molar-refractivity contribution in [3.8, 4) is 0 Å². The van der Waals surface area contributed by atoms with Crippen molar-refractivity contribution in [2.75, 3.05) is 20.6 Å². The number of thiophene rings is 1. The van der Waals surface area contributed by atoms with Gasteiger partial charge in [-0.05, 0) is 43.2 Å². The lowest BCUT2D eigenvalue weighted by atomic mass is 10.0. The van der Waals surface area contributed by atoms with Crippen molar-refractivity contribution in [3.63, 3.8) is 0 Å². The molecule has 4 nitrogen and oxygen atoms in total. The molecule has 1 aromatic carbocycles. The molecule has 130 valence electrons. The number of nitrogens with zero attached hydrogens (tertiary/aromatic N) is 2. The fourth-order valence-corrected chi connectivity index (χ4v) is 3.63. The van der Waals surface area contributed by atoms with Gasteiger partial charge in [-0.25, -0.2) is 0 Å². The lowest BCUT2D eigenvalue weighted by Gasteiger charge is -2.24. The fraction of sp³-hybridized carbons (Fsp3) is 0.250. The van der Waals surface area contributed by atoms with Crippen LogP contribution in [0.15, 0.2) is 54.1 Å². The van der Waals surface area contributed by atoms with Crippen LogP contribution in [0.3, 0.4) is 0 Å². The molecule has 0 aliphatic rings. The molecular formula is C20H23N3OS. The van der Waals surface area contributed by atoms with Crippen molar-refractivity contribution in [3.05, 3.63) is 64.5 Å². The number of rotatable bonds is 6. The molecule has 0 aliphatic carbocycles. The van der Waals surface area contributed by atoms with Gasteiger partial charge in [0.2, 0.25) is 5.91 Å². The first-order valence-electron chi connectivity index (χ1n) is 8.26. The Morgan fingerprint density at radius 3 is 2.80 bits per heavy atom. The second kappa shape index (κ2) is 7.68. The van der Waals surface area contributed by atoms with E-state index in [1.165, 1.54) is 16.5 Å². The summed E-state index contributed by atoms with van der Waals surface area (Å²) in [5.41, 5.74) is 2.43. The molecule has 25 heavy (non-hydrogen) atoms. The van der Waals surface area contributed by atoms with Crippen molar-refractivity contribution in [2.45, 2.75) is 6.04 Å². The highest BCUT2D eigenvalue weighted by molar-refractivity contribution is 7.10. The van der Waals surface area contributed by atoms with Gasteiger partial charge in [-0.1, -0.05) is 24.3 Å². The molecule has 0 saturated carbocycles. The van der Waals surface area contributed by atoms with Gasteiger partial charge in [0, 0.05) is 41.6 Å². The Morgan fingerprint density at radius 2 is 2.08 bits per heavy atom. The number of aromatic nitrogens is 1. The van der Waals surface area contributed by atoms with Gasteiger partial charge in [-0.15, -0.1) is 11.3 Å². The second-order valence-electron chi connectivity index (χ2n) is 6.29. The average Bonchev–Trinajstić information content (AvgIpc) is 3.22. The zero-order chi connectivity index (χ0) is 17.8. The van der Waals surface area contributed by atoms with Crippen molar-refractivity contribution in [2.24, 2.45) is 7.05 Å². The van der Waals surface area contributed by atoms with Crippen LogP contribution in [0.2, 0.25) is 0 Å². The van der Waals surface area contributed by atoms with Gasteiger partial charge < -0.3 is 14.8 Å². The zero-order valence-electron chi connectivity index (χ0n) is 14.8. The number of likely N-dealkylation sites (N-methyl/N-ethyl adjacent to an activating group) is 1. The summed E-state index contributed by atoms with van der Waals surface area (Å²) in [6, 6.07) is 12.4. The summed E-state index contributed by atoms with van der Waals surface area (Å²) in [5.74, 6) is -0.0690. The van der Waals surface area contributed by atoms with Crippen molar-refractivity contribution in [1.29, 1.82) is 0 Å². The summed E-state index contributed by atoms with van der Waals surface area (Å²) < 4.78 is 2.14. The lowest BCUT2D eigenvalue weighted by molar-refractivity contribution is -0.116. The molecule has 5 heteroatoms. The van der Waals surface area contributed by atoms with Crippen LogP contribution >= 0.6 is 11.3 Å². The van der Waals surface area contributed by atoms with E-state index >= 15 is 0 Å². The van der Waals surface area contributed by atoms with Gasteiger partial charge in [0.05, 0.1) is 6.04 Å². The van der Waals surface area contributed by atoms with Crippen LogP contribution < -0.4 is 5.32 Å². The third-order valence-electron chi connectivity index (χ3n) is 4.32. The number of aryl methyl sites for hydroxylation is 1. The number of hydrogen-bond acceptors (Lipinski definition) is 3. The number of para-hydroxylation sites is 1. The number of nitrogens with one attached hydrogen (secondary N) is 1. The molecule has 2 heterocycles. The Morgan fingerprint density at radius 1 is 1.28 bits per heavy atom. The second-order valence-corrected chi connectivity index (χ2v) is 7.27. The quantitative estimate of drug-likeness (QED) is 0.687. The molecule has 0 spiro atoms. The van der Waals surface area contributed by atoms with E-state index in [4.69, 9.17) is 0 Å². The Bertz CT molecular complexity index is 878. The highest BCUT2D eigenvalue weighted by Crippen LogP contribution is 2.28. The minimum Gasteiger partial charge on any atom is -0.351 e. The summed E-state index contributed by atoms with van der Waals surface area (Å²) in [6.45, 7) is 0.564. The van der Waals surface area contributed by atoms with Crippen LogP contribution in [0.4, 0.5) is 0 Å². The first-order chi connectivity index (χ1) is 12.1. The van der Waals surface area contributed by atoms with E-state index in [1.54, 1.807) is 17.4 Å². The molecule has 0 aliphatic heterocycles. The summed E-state index contributed by atoms with van der Waals surface area (Å²) in [7, 11) is 6.14. The third-order valence-corrected chi connectivity index (χ3v) is 5.16. The van der Waals surface area contributed by atoms with Gasteiger partial charge in [0.15, 0.2) is 0 Å². The molecule has 0 radical (unpaired) electrons. The number of fused-ring (bicyclic) bond motifs is 1. The Kier molecular flexibility index (Phi) is 5.36. The number of amides is 1. The van der Waals surface area contributed by atoms with Gasteiger partial charge in [-0.3, -0.25) is 4.79 Å².